The topological polar surface area (TPSA) is 52.6 Å². The number of alkyl halides is 2. The van der Waals surface area contributed by atoms with Crippen molar-refractivity contribution in [1.29, 1.82) is 0 Å². The number of hydrogen-bond donors (Lipinski definition) is 0. The molecule has 0 N–H and O–H groups in total. The van der Waals surface area contributed by atoms with E-state index in [1.165, 1.54) is 0 Å². The van der Waals surface area contributed by atoms with Crippen LogP contribution in [-0.4, -0.2) is 22.1 Å². The van der Waals surface area contributed by atoms with Gasteiger partial charge in [-0.1, -0.05) is 0 Å². The van der Waals surface area contributed by atoms with Gasteiger partial charge in [0.15, 0.2) is 0 Å². The molecule has 0 aromatic heterocycles. The normalized spacial score (nSPS) is 11.8. The third kappa shape index (κ3) is 4.25. The maximum Gasteiger partial charge on any atom is 0.404 e. The van der Waals surface area contributed by atoms with E-state index in [1.807, 2.05) is 0 Å². The zero-order valence-electron chi connectivity index (χ0n) is 4.21. The molecule has 0 spiro atoms. The van der Waals surface area contributed by atoms with Crippen molar-refractivity contribution in [2.45, 2.75) is 0 Å². The number of rotatable bonds is 4. The van der Waals surface area contributed by atoms with E-state index in [0.717, 1.165) is 0 Å². The first-order valence-corrected chi connectivity index (χ1v) is 3.11. The minimum absolute atomic E-state index is 1.55. The third-order valence-electron chi connectivity index (χ3n) is 0.378. The van der Waals surface area contributed by atoms with Crippen LogP contribution in [0, 0.1) is 0 Å². The quantitative estimate of drug-likeness (QED) is 0.589. The molecule has 4 nitrogen and oxygen atoms in total. The van der Waals surface area contributed by atoms with Gasteiger partial charge in [-0.3, -0.25) is 0 Å². The number of halogens is 2. The summed E-state index contributed by atoms with van der Waals surface area (Å²) >= 11 is 0. The molecule has 0 rings (SSSR count). The molecule has 0 radical (unpaired) electrons. The predicted octanol–water partition coefficient (Wildman–Crippen LogP) is 0.118. The van der Waals surface area contributed by atoms with Crippen molar-refractivity contribution in [3.63, 3.8) is 0 Å². The van der Waals surface area contributed by atoms with Crippen molar-refractivity contribution in [2.75, 3.05) is 13.7 Å². The molecule has 0 aromatic rings. The van der Waals surface area contributed by atoms with Crippen molar-refractivity contribution in [3.05, 3.63) is 0 Å². The SMILES string of the molecule is O=S(=O)(OCF)OCF. The highest BCUT2D eigenvalue weighted by Crippen LogP contribution is 1.94. The Bertz CT molecular complexity index is 140. The fourth-order valence-electron chi connectivity index (χ4n) is 0.143. The Morgan fingerprint density at radius 3 is 1.67 bits per heavy atom. The molecule has 0 fully saturated rings. The van der Waals surface area contributed by atoms with Gasteiger partial charge in [-0.25, -0.2) is 17.1 Å². The largest absolute Gasteiger partial charge is 0.404 e. The van der Waals surface area contributed by atoms with E-state index in [1.54, 1.807) is 0 Å². The Labute approximate surface area is 50.7 Å². The Kier molecular flexibility index (Phi) is 3.59. The first-order chi connectivity index (χ1) is 4.12. The summed E-state index contributed by atoms with van der Waals surface area (Å²) in [5.41, 5.74) is 0. The standard InChI is InChI=1S/C2H4F2O4S/c3-1-7-9(5,6)8-2-4/h1-2H2. The van der Waals surface area contributed by atoms with E-state index >= 15 is 0 Å². The minimum Gasteiger partial charge on any atom is -0.219 e. The van der Waals surface area contributed by atoms with E-state index in [2.05, 4.69) is 8.37 Å². The van der Waals surface area contributed by atoms with Gasteiger partial charge in [0.05, 0.1) is 0 Å². The Morgan fingerprint density at radius 2 is 1.44 bits per heavy atom. The van der Waals surface area contributed by atoms with Crippen molar-refractivity contribution >= 4 is 10.4 Å². The third-order valence-corrected chi connectivity index (χ3v) is 1.13. The molecular weight excluding hydrogens is 158 g/mol. The lowest BCUT2D eigenvalue weighted by Crippen LogP contribution is -2.08. The Morgan fingerprint density at radius 1 is 1.11 bits per heavy atom. The average Bonchev–Trinajstić information content (AvgIpc) is 1.64. The second-order valence-electron chi connectivity index (χ2n) is 0.862. The average molecular weight is 162 g/mol. The van der Waals surface area contributed by atoms with Crippen LogP contribution in [0.3, 0.4) is 0 Å². The van der Waals surface area contributed by atoms with Crippen molar-refractivity contribution in [2.24, 2.45) is 0 Å². The van der Waals surface area contributed by atoms with Gasteiger partial charge in [-0.05, 0) is 0 Å². The fourth-order valence-corrected chi connectivity index (χ4v) is 0.429. The van der Waals surface area contributed by atoms with Gasteiger partial charge >= 0.3 is 10.4 Å². The Hall–Kier alpha value is -0.270. The van der Waals surface area contributed by atoms with Gasteiger partial charge in [0.2, 0.25) is 13.7 Å². The highest BCUT2D eigenvalue weighted by Gasteiger charge is 2.09. The van der Waals surface area contributed by atoms with Crippen LogP contribution in [0.1, 0.15) is 0 Å². The molecule has 0 heterocycles. The van der Waals surface area contributed by atoms with Crippen LogP contribution < -0.4 is 0 Å². The summed E-state index contributed by atoms with van der Waals surface area (Å²) in [7, 11) is -4.43. The molecule has 9 heavy (non-hydrogen) atoms. The molecule has 0 aliphatic heterocycles. The van der Waals surface area contributed by atoms with E-state index in [-0.39, 0.29) is 0 Å². The lowest BCUT2D eigenvalue weighted by atomic mass is 11.6. The number of hydrogen-bond acceptors (Lipinski definition) is 4. The summed E-state index contributed by atoms with van der Waals surface area (Å²) in [4.78, 5) is 0. The highest BCUT2D eigenvalue weighted by atomic mass is 32.3. The minimum atomic E-state index is -4.43. The maximum absolute atomic E-state index is 11.0. The zero-order chi connectivity index (χ0) is 7.33. The van der Waals surface area contributed by atoms with Gasteiger partial charge in [0.1, 0.15) is 0 Å². The van der Waals surface area contributed by atoms with Crippen molar-refractivity contribution in [1.82, 2.24) is 0 Å². The lowest BCUT2D eigenvalue weighted by molar-refractivity contribution is 0.121. The van der Waals surface area contributed by atoms with Crippen LogP contribution in [0.25, 0.3) is 0 Å². The fraction of sp³-hybridized carbons (Fsp3) is 1.00. The van der Waals surface area contributed by atoms with Gasteiger partial charge in [-0.2, -0.15) is 8.42 Å². The second-order valence-corrected chi connectivity index (χ2v) is 2.15. The van der Waals surface area contributed by atoms with Crippen LogP contribution in [0.2, 0.25) is 0 Å². The van der Waals surface area contributed by atoms with Gasteiger partial charge in [0.25, 0.3) is 0 Å². The smallest absolute Gasteiger partial charge is 0.219 e. The van der Waals surface area contributed by atoms with E-state index in [0.29, 0.717) is 0 Å². The molecule has 0 aromatic carbocycles. The van der Waals surface area contributed by atoms with E-state index in [4.69, 9.17) is 0 Å². The summed E-state index contributed by atoms with van der Waals surface area (Å²) in [5, 5.41) is 0. The van der Waals surface area contributed by atoms with E-state index < -0.39 is 24.1 Å². The summed E-state index contributed by atoms with van der Waals surface area (Å²) in [5.74, 6) is 0. The summed E-state index contributed by atoms with van der Waals surface area (Å²) < 4.78 is 48.5. The van der Waals surface area contributed by atoms with Crippen molar-refractivity contribution in [3.8, 4) is 0 Å². The maximum atomic E-state index is 11.0. The van der Waals surface area contributed by atoms with Gasteiger partial charge in [0, 0.05) is 0 Å². The molecule has 56 valence electrons. The molecule has 0 amide bonds. The molecular formula is C2H4F2O4S. The molecule has 0 atom stereocenters. The molecule has 0 aliphatic carbocycles. The molecule has 7 heteroatoms. The van der Waals surface area contributed by atoms with Crippen LogP contribution >= 0.6 is 0 Å². The molecule has 0 saturated carbocycles. The van der Waals surface area contributed by atoms with Crippen LogP contribution in [0.15, 0.2) is 0 Å². The molecule has 0 bridgehead atoms. The monoisotopic (exact) mass is 162 g/mol. The van der Waals surface area contributed by atoms with Crippen molar-refractivity contribution < 1.29 is 25.6 Å². The summed E-state index contributed by atoms with van der Waals surface area (Å²) in [6, 6.07) is 0. The summed E-state index contributed by atoms with van der Waals surface area (Å²) in [6.45, 7) is -3.11. The molecule has 0 saturated heterocycles. The van der Waals surface area contributed by atoms with E-state index in [9.17, 15) is 17.2 Å². The summed E-state index contributed by atoms with van der Waals surface area (Å²) in [6.07, 6.45) is 0. The second kappa shape index (κ2) is 3.70. The zero-order valence-corrected chi connectivity index (χ0v) is 5.03. The van der Waals surface area contributed by atoms with Crippen LogP contribution in [0.5, 0.6) is 0 Å². The van der Waals surface area contributed by atoms with Crippen LogP contribution in [-0.2, 0) is 18.8 Å². The molecule has 0 unspecified atom stereocenters. The lowest BCUT2D eigenvalue weighted by Gasteiger charge is -1.95. The van der Waals surface area contributed by atoms with Gasteiger partial charge in [-0.15, -0.1) is 0 Å². The first kappa shape index (κ1) is 8.73. The Balaban J connectivity index is 3.73. The predicted molar refractivity (Wildman–Crippen MR) is 23.0 cm³/mol. The molecule has 0 aliphatic rings. The first-order valence-electron chi connectivity index (χ1n) is 1.78. The van der Waals surface area contributed by atoms with Gasteiger partial charge < -0.3 is 0 Å². The van der Waals surface area contributed by atoms with Crippen LogP contribution in [0.4, 0.5) is 8.78 Å². The highest BCUT2D eigenvalue weighted by molar-refractivity contribution is 7.81.